The van der Waals surface area contributed by atoms with E-state index in [4.69, 9.17) is 29.0 Å². The Morgan fingerprint density at radius 2 is 2.00 bits per heavy atom. The molecule has 0 aliphatic heterocycles. The van der Waals surface area contributed by atoms with Crippen LogP contribution in [0.25, 0.3) is 11.4 Å². The van der Waals surface area contributed by atoms with Crippen LogP contribution >= 0.6 is 35.0 Å². The number of rotatable bonds is 5. The molecular formula is C16H14Cl2N6OS. The molecule has 7 nitrogen and oxygen atoms in total. The van der Waals surface area contributed by atoms with Crippen molar-refractivity contribution < 1.29 is 4.79 Å². The monoisotopic (exact) mass is 408 g/mol. The summed E-state index contributed by atoms with van der Waals surface area (Å²) in [5.41, 5.74) is 0.665. The highest BCUT2D eigenvalue weighted by atomic mass is 35.5. The summed E-state index contributed by atoms with van der Waals surface area (Å²) >= 11 is 13.1. The first kappa shape index (κ1) is 18.5. The van der Waals surface area contributed by atoms with Crippen LogP contribution in [0.3, 0.4) is 0 Å². The molecule has 0 spiro atoms. The molecule has 0 aliphatic rings. The minimum atomic E-state index is -0.474. The second-order valence-electron chi connectivity index (χ2n) is 5.27. The van der Waals surface area contributed by atoms with Gasteiger partial charge in [-0.2, -0.15) is 0 Å². The van der Waals surface area contributed by atoms with Gasteiger partial charge in [-0.3, -0.25) is 4.79 Å². The third-order valence-corrected chi connectivity index (χ3v) is 5.02. The number of anilines is 1. The maximum atomic E-state index is 12.3. The number of nitrogens with two attached hydrogens (primary N) is 1. The first-order chi connectivity index (χ1) is 12.5. The highest BCUT2D eigenvalue weighted by Crippen LogP contribution is 2.29. The average Bonchev–Trinajstić information content (AvgIpc) is 2.98. The Hall–Kier alpha value is -2.29. The molecule has 0 saturated heterocycles. The smallest absolute Gasteiger partial charge is 0.238 e. The van der Waals surface area contributed by atoms with Crippen LogP contribution in [0.15, 0.2) is 47.8 Å². The number of hydrogen-bond acceptors (Lipinski definition) is 6. The van der Waals surface area contributed by atoms with Gasteiger partial charge in [0.1, 0.15) is 5.82 Å². The summed E-state index contributed by atoms with van der Waals surface area (Å²) in [7, 11) is 0. The van der Waals surface area contributed by atoms with Gasteiger partial charge in [-0.1, -0.05) is 47.1 Å². The Balaban J connectivity index is 1.71. The Morgan fingerprint density at radius 1 is 1.23 bits per heavy atom. The lowest BCUT2D eigenvalue weighted by Gasteiger charge is -2.11. The fourth-order valence-corrected chi connectivity index (χ4v) is 3.18. The van der Waals surface area contributed by atoms with Crippen LogP contribution in [-0.2, 0) is 4.79 Å². The predicted molar refractivity (Wildman–Crippen MR) is 104 cm³/mol. The van der Waals surface area contributed by atoms with E-state index in [1.165, 1.54) is 22.6 Å². The summed E-state index contributed by atoms with van der Waals surface area (Å²) in [6.07, 6.45) is 1.46. The third-order valence-electron chi connectivity index (χ3n) is 3.41. The van der Waals surface area contributed by atoms with E-state index < -0.39 is 5.25 Å². The second kappa shape index (κ2) is 7.94. The van der Waals surface area contributed by atoms with Crippen LogP contribution in [0.5, 0.6) is 0 Å². The fourth-order valence-electron chi connectivity index (χ4n) is 2.07. The van der Waals surface area contributed by atoms with Crippen LogP contribution in [0.2, 0.25) is 10.0 Å². The van der Waals surface area contributed by atoms with Crippen LogP contribution in [-0.4, -0.2) is 31.0 Å². The molecule has 26 heavy (non-hydrogen) atoms. The Labute approximate surface area is 163 Å². The molecule has 3 rings (SSSR count). The fraction of sp³-hybridized carbons (Fsp3) is 0.125. The highest BCUT2D eigenvalue weighted by molar-refractivity contribution is 8.00. The topological polar surface area (TPSA) is 98.7 Å². The van der Waals surface area contributed by atoms with E-state index in [0.717, 1.165) is 0 Å². The molecule has 134 valence electrons. The van der Waals surface area contributed by atoms with Crippen molar-refractivity contribution in [1.29, 1.82) is 0 Å². The SMILES string of the molecule is C[C@H](Sc1nnc(-c2ccccc2Cl)n1N)C(=O)Nc1ccc(Cl)cn1. The van der Waals surface area contributed by atoms with E-state index in [0.29, 0.717) is 32.4 Å². The number of nitrogens with one attached hydrogen (secondary N) is 1. The van der Waals surface area contributed by atoms with Crippen LogP contribution < -0.4 is 11.2 Å². The molecule has 1 atom stereocenters. The largest absolute Gasteiger partial charge is 0.335 e. The molecule has 2 aromatic heterocycles. The van der Waals surface area contributed by atoms with Crippen molar-refractivity contribution >= 4 is 46.7 Å². The number of pyridine rings is 1. The van der Waals surface area contributed by atoms with Gasteiger partial charge in [0.25, 0.3) is 0 Å². The second-order valence-corrected chi connectivity index (χ2v) is 7.42. The van der Waals surface area contributed by atoms with Crippen molar-refractivity contribution in [2.24, 2.45) is 0 Å². The Morgan fingerprint density at radius 3 is 2.69 bits per heavy atom. The molecule has 0 bridgehead atoms. The van der Waals surface area contributed by atoms with Gasteiger partial charge in [0.15, 0.2) is 5.82 Å². The lowest BCUT2D eigenvalue weighted by molar-refractivity contribution is -0.115. The molecular weight excluding hydrogens is 395 g/mol. The standard InChI is InChI=1S/C16H14Cl2N6OS/c1-9(15(25)21-13-7-6-10(17)8-20-13)26-16-23-22-14(24(16)19)11-4-2-3-5-12(11)18/h2-9H,19H2,1H3,(H,20,21,25)/t9-/m0/s1. The lowest BCUT2D eigenvalue weighted by Crippen LogP contribution is -2.24. The molecule has 0 unspecified atom stereocenters. The average molecular weight is 409 g/mol. The number of carbonyl (C=O) groups excluding carboxylic acids is 1. The molecule has 10 heteroatoms. The zero-order valence-electron chi connectivity index (χ0n) is 13.6. The molecule has 0 fully saturated rings. The van der Waals surface area contributed by atoms with Gasteiger partial charge < -0.3 is 11.2 Å². The number of aromatic nitrogens is 4. The first-order valence-electron chi connectivity index (χ1n) is 7.50. The van der Waals surface area contributed by atoms with Crippen molar-refractivity contribution in [3.63, 3.8) is 0 Å². The quantitative estimate of drug-likeness (QED) is 0.495. The van der Waals surface area contributed by atoms with E-state index in [1.807, 2.05) is 12.1 Å². The number of thioether (sulfide) groups is 1. The van der Waals surface area contributed by atoms with E-state index in [2.05, 4.69) is 20.5 Å². The summed E-state index contributed by atoms with van der Waals surface area (Å²) in [5.74, 6) is 6.67. The molecule has 1 amide bonds. The van der Waals surface area contributed by atoms with Gasteiger partial charge in [-0.05, 0) is 31.2 Å². The number of carbonyl (C=O) groups is 1. The number of amides is 1. The lowest BCUT2D eigenvalue weighted by atomic mass is 10.2. The molecule has 3 aromatic rings. The summed E-state index contributed by atoms with van der Waals surface area (Å²) in [4.78, 5) is 16.4. The minimum Gasteiger partial charge on any atom is -0.335 e. The first-order valence-corrected chi connectivity index (χ1v) is 9.13. The number of nitrogen functional groups attached to an aromatic ring is 1. The molecule has 1 aromatic carbocycles. The van der Waals surface area contributed by atoms with E-state index in [-0.39, 0.29) is 5.91 Å². The van der Waals surface area contributed by atoms with Gasteiger partial charge in [0.05, 0.1) is 15.3 Å². The maximum Gasteiger partial charge on any atom is 0.238 e. The van der Waals surface area contributed by atoms with Gasteiger partial charge in [0, 0.05) is 11.8 Å². The number of benzene rings is 1. The zero-order valence-corrected chi connectivity index (χ0v) is 15.9. The number of nitrogens with zero attached hydrogens (tertiary/aromatic N) is 4. The molecule has 2 heterocycles. The normalized spacial score (nSPS) is 12.0. The molecule has 0 aliphatic carbocycles. The summed E-state index contributed by atoms with van der Waals surface area (Å²) < 4.78 is 1.32. The van der Waals surface area contributed by atoms with Gasteiger partial charge >= 0.3 is 0 Å². The maximum absolute atomic E-state index is 12.3. The van der Waals surface area contributed by atoms with E-state index in [9.17, 15) is 4.79 Å². The number of hydrogen-bond donors (Lipinski definition) is 2. The van der Waals surface area contributed by atoms with Gasteiger partial charge in [0.2, 0.25) is 11.1 Å². The summed E-state index contributed by atoms with van der Waals surface area (Å²) in [6.45, 7) is 1.74. The molecule has 0 saturated carbocycles. The van der Waals surface area contributed by atoms with E-state index >= 15 is 0 Å². The van der Waals surface area contributed by atoms with Gasteiger partial charge in [-0.15, -0.1) is 10.2 Å². The van der Waals surface area contributed by atoms with Crippen LogP contribution in [0.1, 0.15) is 6.92 Å². The summed E-state index contributed by atoms with van der Waals surface area (Å²) in [5, 5.41) is 11.8. The van der Waals surface area contributed by atoms with Crippen molar-refractivity contribution in [2.45, 2.75) is 17.3 Å². The Bertz CT molecular complexity index is 931. The van der Waals surface area contributed by atoms with Gasteiger partial charge in [-0.25, -0.2) is 9.66 Å². The van der Waals surface area contributed by atoms with Crippen molar-refractivity contribution in [3.05, 3.63) is 52.6 Å². The van der Waals surface area contributed by atoms with Crippen molar-refractivity contribution in [3.8, 4) is 11.4 Å². The minimum absolute atomic E-state index is 0.243. The van der Waals surface area contributed by atoms with Crippen LogP contribution in [0.4, 0.5) is 5.82 Å². The van der Waals surface area contributed by atoms with Crippen LogP contribution in [0, 0.1) is 0 Å². The number of halogens is 2. The molecule has 3 N–H and O–H groups in total. The zero-order chi connectivity index (χ0) is 18.7. The van der Waals surface area contributed by atoms with Crippen molar-refractivity contribution in [2.75, 3.05) is 11.2 Å². The molecule has 0 radical (unpaired) electrons. The van der Waals surface area contributed by atoms with E-state index in [1.54, 1.807) is 31.2 Å². The predicted octanol–water partition coefficient (Wildman–Crippen LogP) is 3.48. The van der Waals surface area contributed by atoms with Crippen molar-refractivity contribution in [1.82, 2.24) is 19.9 Å². The highest BCUT2D eigenvalue weighted by Gasteiger charge is 2.21. The third kappa shape index (κ3) is 4.09. The Kier molecular flexibility index (Phi) is 5.65. The summed E-state index contributed by atoms with van der Waals surface area (Å²) in [6, 6.07) is 10.5.